The van der Waals surface area contributed by atoms with Crippen molar-refractivity contribution in [3.63, 3.8) is 0 Å². The number of hydrogen-bond acceptors (Lipinski definition) is 4. The van der Waals surface area contributed by atoms with E-state index in [0.717, 1.165) is 19.6 Å². The summed E-state index contributed by atoms with van der Waals surface area (Å²) in [5.74, 6) is 0. The van der Waals surface area contributed by atoms with Crippen molar-refractivity contribution in [3.05, 3.63) is 22.4 Å². The van der Waals surface area contributed by atoms with E-state index in [1.54, 1.807) is 11.3 Å². The number of ether oxygens (including phenoxy) is 1. The number of thiophene rings is 1. The highest BCUT2D eigenvalue weighted by molar-refractivity contribution is 7.10. The third-order valence-electron chi connectivity index (χ3n) is 3.48. The van der Waals surface area contributed by atoms with Crippen molar-refractivity contribution < 1.29 is 4.74 Å². The van der Waals surface area contributed by atoms with Gasteiger partial charge in [0.05, 0.1) is 18.8 Å². The molecule has 0 spiro atoms. The molecule has 1 aromatic rings. The van der Waals surface area contributed by atoms with Crippen molar-refractivity contribution in [3.8, 4) is 0 Å². The molecule has 2 rings (SSSR count). The molecule has 3 nitrogen and oxygen atoms in total. The first kappa shape index (κ1) is 13.0. The summed E-state index contributed by atoms with van der Waals surface area (Å²) in [6.45, 7) is 6.86. The zero-order valence-electron chi connectivity index (χ0n) is 10.6. The number of nitrogens with zero attached hydrogens (tertiary/aromatic N) is 1. The van der Waals surface area contributed by atoms with Gasteiger partial charge in [-0.25, -0.2) is 0 Å². The molecule has 96 valence electrons. The van der Waals surface area contributed by atoms with Crippen LogP contribution < -0.4 is 5.73 Å². The Morgan fingerprint density at radius 3 is 3.06 bits per heavy atom. The fourth-order valence-corrected chi connectivity index (χ4v) is 3.36. The standard InChI is InChI=1S/C13H22N2OS/c1-3-11-9-16-10(2)8-15(11)12(7-14)13-5-4-6-17-13/h4-6,10-12H,3,7-9,14H2,1-2H3. The van der Waals surface area contributed by atoms with Crippen LogP contribution in [0.25, 0.3) is 0 Å². The maximum Gasteiger partial charge on any atom is 0.0675 e. The fraction of sp³-hybridized carbons (Fsp3) is 0.692. The van der Waals surface area contributed by atoms with E-state index in [-0.39, 0.29) is 0 Å². The highest BCUT2D eigenvalue weighted by Gasteiger charge is 2.31. The third-order valence-corrected chi connectivity index (χ3v) is 4.45. The summed E-state index contributed by atoms with van der Waals surface area (Å²) < 4.78 is 5.74. The number of morpholine rings is 1. The minimum Gasteiger partial charge on any atom is -0.376 e. The molecule has 17 heavy (non-hydrogen) atoms. The van der Waals surface area contributed by atoms with E-state index in [1.165, 1.54) is 4.88 Å². The average molecular weight is 254 g/mol. The molecule has 0 aromatic carbocycles. The average Bonchev–Trinajstić information content (AvgIpc) is 2.84. The molecule has 0 amide bonds. The van der Waals surface area contributed by atoms with Gasteiger partial charge in [-0.1, -0.05) is 13.0 Å². The van der Waals surface area contributed by atoms with Crippen LogP contribution in [0.2, 0.25) is 0 Å². The molecular formula is C13H22N2OS. The van der Waals surface area contributed by atoms with Crippen LogP contribution in [-0.2, 0) is 4.74 Å². The zero-order chi connectivity index (χ0) is 12.3. The molecule has 1 aliphatic rings. The van der Waals surface area contributed by atoms with Gasteiger partial charge in [0.25, 0.3) is 0 Å². The van der Waals surface area contributed by atoms with Gasteiger partial charge in [-0.05, 0) is 24.8 Å². The Balaban J connectivity index is 2.16. The molecule has 3 unspecified atom stereocenters. The minimum atomic E-state index is 0.312. The molecule has 2 heterocycles. The topological polar surface area (TPSA) is 38.5 Å². The Labute approximate surface area is 108 Å². The summed E-state index contributed by atoms with van der Waals surface area (Å²) in [5, 5.41) is 2.13. The van der Waals surface area contributed by atoms with Crippen molar-refractivity contribution in [1.29, 1.82) is 0 Å². The lowest BCUT2D eigenvalue weighted by atomic mass is 10.1. The van der Waals surface area contributed by atoms with E-state index >= 15 is 0 Å². The summed E-state index contributed by atoms with van der Waals surface area (Å²) in [7, 11) is 0. The molecule has 0 bridgehead atoms. The second-order valence-electron chi connectivity index (χ2n) is 4.67. The Bertz CT molecular complexity index is 328. The summed E-state index contributed by atoms with van der Waals surface area (Å²) >= 11 is 1.80. The second-order valence-corrected chi connectivity index (χ2v) is 5.65. The van der Waals surface area contributed by atoms with Crippen molar-refractivity contribution >= 4 is 11.3 Å². The maximum absolute atomic E-state index is 5.98. The molecule has 1 aromatic heterocycles. The number of hydrogen-bond donors (Lipinski definition) is 1. The second kappa shape index (κ2) is 5.96. The van der Waals surface area contributed by atoms with Crippen LogP contribution in [0, 0.1) is 0 Å². The molecule has 0 aliphatic carbocycles. The third kappa shape index (κ3) is 2.88. The van der Waals surface area contributed by atoms with E-state index < -0.39 is 0 Å². The van der Waals surface area contributed by atoms with Gasteiger partial charge in [0.15, 0.2) is 0 Å². The smallest absolute Gasteiger partial charge is 0.0675 e. The predicted octanol–water partition coefficient (Wildman–Crippen LogP) is 2.25. The molecule has 3 atom stereocenters. The fourth-order valence-electron chi connectivity index (χ4n) is 2.50. The van der Waals surface area contributed by atoms with Gasteiger partial charge >= 0.3 is 0 Å². The predicted molar refractivity (Wildman–Crippen MR) is 72.3 cm³/mol. The molecule has 1 aliphatic heterocycles. The van der Waals surface area contributed by atoms with E-state index in [2.05, 4.69) is 36.3 Å². The van der Waals surface area contributed by atoms with Crippen molar-refractivity contribution in [1.82, 2.24) is 4.90 Å². The van der Waals surface area contributed by atoms with Crippen LogP contribution in [0.1, 0.15) is 31.2 Å². The molecule has 0 saturated carbocycles. The Morgan fingerprint density at radius 2 is 2.47 bits per heavy atom. The Morgan fingerprint density at radius 1 is 1.65 bits per heavy atom. The Hall–Kier alpha value is -0.420. The van der Waals surface area contributed by atoms with Crippen LogP contribution in [0.4, 0.5) is 0 Å². The highest BCUT2D eigenvalue weighted by atomic mass is 32.1. The summed E-state index contributed by atoms with van der Waals surface area (Å²) in [6.07, 6.45) is 1.43. The van der Waals surface area contributed by atoms with Crippen molar-refractivity contribution in [2.45, 2.75) is 38.5 Å². The molecule has 1 saturated heterocycles. The normalized spacial score (nSPS) is 28.2. The van der Waals surface area contributed by atoms with Gasteiger partial charge in [0.1, 0.15) is 0 Å². The monoisotopic (exact) mass is 254 g/mol. The van der Waals surface area contributed by atoms with Crippen LogP contribution in [-0.4, -0.2) is 36.7 Å². The largest absolute Gasteiger partial charge is 0.376 e. The molecular weight excluding hydrogens is 232 g/mol. The van der Waals surface area contributed by atoms with Crippen LogP contribution in [0.5, 0.6) is 0 Å². The van der Waals surface area contributed by atoms with Gasteiger partial charge < -0.3 is 10.5 Å². The lowest BCUT2D eigenvalue weighted by molar-refractivity contribution is -0.0714. The summed E-state index contributed by atoms with van der Waals surface area (Å²) in [5.41, 5.74) is 5.98. The van der Waals surface area contributed by atoms with Gasteiger partial charge in [-0.15, -0.1) is 11.3 Å². The number of rotatable bonds is 4. The van der Waals surface area contributed by atoms with E-state index in [1.807, 2.05) is 0 Å². The van der Waals surface area contributed by atoms with E-state index in [0.29, 0.717) is 24.7 Å². The number of nitrogens with two attached hydrogens (primary N) is 1. The van der Waals surface area contributed by atoms with Gasteiger partial charge in [-0.3, -0.25) is 4.90 Å². The van der Waals surface area contributed by atoms with Crippen molar-refractivity contribution in [2.75, 3.05) is 19.7 Å². The first-order valence-corrected chi connectivity index (χ1v) is 7.25. The van der Waals surface area contributed by atoms with Crippen LogP contribution >= 0.6 is 11.3 Å². The van der Waals surface area contributed by atoms with Gasteiger partial charge in [-0.2, -0.15) is 0 Å². The lowest BCUT2D eigenvalue weighted by Crippen LogP contribution is -2.51. The van der Waals surface area contributed by atoms with Gasteiger partial charge in [0.2, 0.25) is 0 Å². The summed E-state index contributed by atoms with van der Waals surface area (Å²) in [4.78, 5) is 3.90. The highest BCUT2D eigenvalue weighted by Crippen LogP contribution is 2.29. The molecule has 4 heteroatoms. The van der Waals surface area contributed by atoms with E-state index in [4.69, 9.17) is 10.5 Å². The van der Waals surface area contributed by atoms with Crippen LogP contribution in [0.15, 0.2) is 17.5 Å². The zero-order valence-corrected chi connectivity index (χ0v) is 11.5. The SMILES string of the molecule is CCC1COC(C)CN1C(CN)c1cccs1. The lowest BCUT2D eigenvalue weighted by Gasteiger charge is -2.42. The molecule has 0 radical (unpaired) electrons. The first-order valence-electron chi connectivity index (χ1n) is 6.37. The minimum absolute atomic E-state index is 0.312. The summed E-state index contributed by atoms with van der Waals surface area (Å²) in [6, 6.07) is 5.15. The van der Waals surface area contributed by atoms with Crippen LogP contribution in [0.3, 0.4) is 0 Å². The molecule has 2 N–H and O–H groups in total. The van der Waals surface area contributed by atoms with Gasteiger partial charge in [0, 0.05) is 24.0 Å². The molecule has 1 fully saturated rings. The van der Waals surface area contributed by atoms with Crippen molar-refractivity contribution in [2.24, 2.45) is 5.73 Å². The first-order chi connectivity index (χ1) is 8.26. The van der Waals surface area contributed by atoms with E-state index in [9.17, 15) is 0 Å². The quantitative estimate of drug-likeness (QED) is 0.895. The maximum atomic E-state index is 5.98. The Kier molecular flexibility index (Phi) is 4.56.